The minimum atomic E-state index is -0.0694. The van der Waals surface area contributed by atoms with Crippen LogP contribution in [0.4, 0.5) is 11.5 Å². The molecule has 0 spiro atoms. The predicted molar refractivity (Wildman–Crippen MR) is 94.0 cm³/mol. The van der Waals surface area contributed by atoms with Crippen LogP contribution in [0, 0.1) is 0 Å². The highest BCUT2D eigenvalue weighted by molar-refractivity contribution is 5.90. The van der Waals surface area contributed by atoms with Crippen LogP contribution in [-0.2, 0) is 16.0 Å². The van der Waals surface area contributed by atoms with Gasteiger partial charge < -0.3 is 20.5 Å². The fraction of sp³-hybridized carbons (Fsp3) is 0.333. The number of methoxy groups -OCH3 is 1. The number of pyridine rings is 1. The van der Waals surface area contributed by atoms with Crippen molar-refractivity contribution in [3.63, 3.8) is 0 Å². The molecule has 0 saturated carbocycles. The second kappa shape index (κ2) is 9.52. The van der Waals surface area contributed by atoms with Gasteiger partial charge in [0, 0.05) is 13.5 Å². The average molecular weight is 329 g/mol. The largest absolute Gasteiger partial charge is 0.494 e. The van der Waals surface area contributed by atoms with Gasteiger partial charge in [-0.3, -0.25) is 4.79 Å². The Balaban J connectivity index is 1.65. The van der Waals surface area contributed by atoms with E-state index in [9.17, 15) is 4.79 Å². The number of nitrogen functional groups attached to an aromatic ring is 1. The lowest BCUT2D eigenvalue weighted by atomic mass is 10.1. The topological polar surface area (TPSA) is 86.5 Å². The average Bonchev–Trinajstić information content (AvgIpc) is 2.60. The molecule has 2 rings (SSSR count). The van der Waals surface area contributed by atoms with E-state index in [1.165, 1.54) is 11.8 Å². The molecule has 0 aliphatic heterocycles. The molecule has 0 aliphatic carbocycles. The molecule has 6 heteroatoms. The molecule has 1 aromatic carbocycles. The van der Waals surface area contributed by atoms with E-state index in [4.69, 9.17) is 15.2 Å². The van der Waals surface area contributed by atoms with Gasteiger partial charge >= 0.3 is 0 Å². The molecule has 0 fully saturated rings. The summed E-state index contributed by atoms with van der Waals surface area (Å²) in [5.41, 5.74) is 7.35. The molecule has 0 radical (unpaired) electrons. The van der Waals surface area contributed by atoms with Gasteiger partial charge in [-0.1, -0.05) is 12.1 Å². The maximum absolute atomic E-state index is 11.8. The molecular weight excluding hydrogens is 306 g/mol. The molecule has 3 N–H and O–H groups in total. The SMILES string of the molecule is COCCc1ccc(OCCCC(=O)Nc2ccc(N)nc2)cc1. The summed E-state index contributed by atoms with van der Waals surface area (Å²) < 4.78 is 10.7. The van der Waals surface area contributed by atoms with Crippen molar-refractivity contribution in [3.05, 3.63) is 48.2 Å². The van der Waals surface area contributed by atoms with Gasteiger partial charge in [-0.2, -0.15) is 0 Å². The maximum atomic E-state index is 11.8. The maximum Gasteiger partial charge on any atom is 0.224 e. The van der Waals surface area contributed by atoms with Crippen molar-refractivity contribution in [1.29, 1.82) is 0 Å². The normalized spacial score (nSPS) is 10.4. The summed E-state index contributed by atoms with van der Waals surface area (Å²) in [6.45, 7) is 1.20. The van der Waals surface area contributed by atoms with E-state index in [0.29, 0.717) is 37.6 Å². The molecule has 0 saturated heterocycles. The van der Waals surface area contributed by atoms with E-state index >= 15 is 0 Å². The smallest absolute Gasteiger partial charge is 0.224 e. The Morgan fingerprint density at radius 2 is 1.96 bits per heavy atom. The molecule has 24 heavy (non-hydrogen) atoms. The number of anilines is 2. The van der Waals surface area contributed by atoms with Crippen LogP contribution in [0.3, 0.4) is 0 Å². The predicted octanol–water partition coefficient (Wildman–Crippen LogP) is 2.65. The van der Waals surface area contributed by atoms with Crippen LogP contribution >= 0.6 is 0 Å². The Hall–Kier alpha value is -2.60. The first-order chi connectivity index (χ1) is 11.7. The molecule has 0 unspecified atom stereocenters. The molecule has 0 atom stereocenters. The second-order valence-electron chi connectivity index (χ2n) is 5.36. The number of amides is 1. The van der Waals surface area contributed by atoms with Gasteiger partial charge in [0.1, 0.15) is 11.6 Å². The Labute approximate surface area is 142 Å². The molecule has 0 bridgehead atoms. The van der Waals surface area contributed by atoms with Crippen molar-refractivity contribution in [3.8, 4) is 5.75 Å². The van der Waals surface area contributed by atoms with Crippen LogP contribution < -0.4 is 15.8 Å². The van der Waals surface area contributed by atoms with Crippen molar-refractivity contribution >= 4 is 17.4 Å². The number of nitrogens with two attached hydrogens (primary N) is 1. The molecule has 6 nitrogen and oxygen atoms in total. The molecule has 0 aliphatic rings. The third-order valence-electron chi connectivity index (χ3n) is 3.41. The molecule has 2 aromatic rings. The summed E-state index contributed by atoms with van der Waals surface area (Å²) in [6, 6.07) is 11.3. The number of nitrogens with one attached hydrogen (secondary N) is 1. The first-order valence-electron chi connectivity index (χ1n) is 7.89. The number of carbonyl (C=O) groups excluding carboxylic acids is 1. The summed E-state index contributed by atoms with van der Waals surface area (Å²) in [5, 5.41) is 2.77. The van der Waals surface area contributed by atoms with E-state index < -0.39 is 0 Å². The zero-order chi connectivity index (χ0) is 17.2. The van der Waals surface area contributed by atoms with E-state index in [1.807, 2.05) is 24.3 Å². The first kappa shape index (κ1) is 17.7. The fourth-order valence-corrected chi connectivity index (χ4v) is 2.10. The summed E-state index contributed by atoms with van der Waals surface area (Å²) in [7, 11) is 1.69. The summed E-state index contributed by atoms with van der Waals surface area (Å²) in [6.07, 6.45) is 3.45. The second-order valence-corrected chi connectivity index (χ2v) is 5.36. The van der Waals surface area contributed by atoms with Crippen molar-refractivity contribution in [2.45, 2.75) is 19.3 Å². The zero-order valence-corrected chi connectivity index (χ0v) is 13.8. The Morgan fingerprint density at radius 3 is 2.62 bits per heavy atom. The minimum Gasteiger partial charge on any atom is -0.494 e. The van der Waals surface area contributed by atoms with Crippen molar-refractivity contribution in [1.82, 2.24) is 4.98 Å². The van der Waals surface area contributed by atoms with Crippen molar-refractivity contribution < 1.29 is 14.3 Å². The lowest BCUT2D eigenvalue weighted by molar-refractivity contribution is -0.116. The van der Waals surface area contributed by atoms with Gasteiger partial charge in [0.15, 0.2) is 0 Å². The van der Waals surface area contributed by atoms with Gasteiger partial charge in [-0.25, -0.2) is 4.98 Å². The minimum absolute atomic E-state index is 0.0694. The quantitative estimate of drug-likeness (QED) is 0.691. The molecular formula is C18H23N3O3. The number of nitrogens with zero attached hydrogens (tertiary/aromatic N) is 1. The number of hydrogen-bond acceptors (Lipinski definition) is 5. The number of rotatable bonds is 9. The Kier molecular flexibility index (Phi) is 7.04. The molecule has 128 valence electrons. The molecule has 1 aromatic heterocycles. The van der Waals surface area contributed by atoms with Crippen molar-refractivity contribution in [2.75, 3.05) is 31.4 Å². The summed E-state index contributed by atoms with van der Waals surface area (Å²) >= 11 is 0. The highest BCUT2D eigenvalue weighted by atomic mass is 16.5. The van der Waals surface area contributed by atoms with Crippen LogP contribution in [0.15, 0.2) is 42.6 Å². The van der Waals surface area contributed by atoms with E-state index in [0.717, 1.165) is 12.2 Å². The standard InChI is InChI=1S/C18H23N3O3/c1-23-12-10-14-4-7-16(8-5-14)24-11-2-3-18(22)21-15-6-9-17(19)20-13-15/h4-9,13H,2-3,10-12H2,1H3,(H2,19,20)(H,21,22). The molecule has 1 amide bonds. The van der Waals surface area contributed by atoms with Crippen LogP contribution in [0.25, 0.3) is 0 Å². The zero-order valence-electron chi connectivity index (χ0n) is 13.8. The number of carbonyl (C=O) groups is 1. The number of benzene rings is 1. The molecule has 1 heterocycles. The van der Waals surface area contributed by atoms with Crippen LogP contribution in [0.2, 0.25) is 0 Å². The monoisotopic (exact) mass is 329 g/mol. The highest BCUT2D eigenvalue weighted by Gasteiger charge is 2.03. The number of ether oxygens (including phenoxy) is 2. The van der Waals surface area contributed by atoms with Crippen molar-refractivity contribution in [2.24, 2.45) is 0 Å². The van der Waals surface area contributed by atoms with Gasteiger partial charge in [0.25, 0.3) is 0 Å². The fourth-order valence-electron chi connectivity index (χ4n) is 2.10. The first-order valence-corrected chi connectivity index (χ1v) is 7.89. The lowest BCUT2D eigenvalue weighted by Gasteiger charge is -2.08. The third kappa shape index (κ3) is 6.26. The third-order valence-corrected chi connectivity index (χ3v) is 3.41. The Bertz CT molecular complexity index is 627. The highest BCUT2D eigenvalue weighted by Crippen LogP contribution is 2.13. The summed E-state index contributed by atoms with van der Waals surface area (Å²) in [5.74, 6) is 1.16. The van der Waals surface area contributed by atoms with Crippen LogP contribution in [0.1, 0.15) is 18.4 Å². The van der Waals surface area contributed by atoms with Gasteiger partial charge in [0.05, 0.1) is 25.1 Å². The van der Waals surface area contributed by atoms with E-state index in [1.54, 1.807) is 19.2 Å². The van der Waals surface area contributed by atoms with Gasteiger partial charge in [0.2, 0.25) is 5.91 Å². The number of aromatic nitrogens is 1. The van der Waals surface area contributed by atoms with E-state index in [2.05, 4.69) is 10.3 Å². The van der Waals surface area contributed by atoms with Gasteiger partial charge in [-0.05, 0) is 42.7 Å². The summed E-state index contributed by atoms with van der Waals surface area (Å²) in [4.78, 5) is 15.7. The van der Waals surface area contributed by atoms with Crippen LogP contribution in [0.5, 0.6) is 5.75 Å². The van der Waals surface area contributed by atoms with E-state index in [-0.39, 0.29) is 5.91 Å². The van der Waals surface area contributed by atoms with Gasteiger partial charge in [-0.15, -0.1) is 0 Å². The number of hydrogen-bond donors (Lipinski definition) is 2. The van der Waals surface area contributed by atoms with Crippen LogP contribution in [-0.4, -0.2) is 31.2 Å². The lowest BCUT2D eigenvalue weighted by Crippen LogP contribution is -2.13. The Morgan fingerprint density at radius 1 is 1.17 bits per heavy atom.